The quantitative estimate of drug-likeness (QED) is 0.226. The van der Waals surface area contributed by atoms with Gasteiger partial charge in [-0.2, -0.15) is 5.10 Å². The molecule has 10 heteroatoms. The number of carbonyl (C=O) groups excluding carboxylic acids is 1. The van der Waals surface area contributed by atoms with Crippen LogP contribution in [0.2, 0.25) is 0 Å². The van der Waals surface area contributed by atoms with E-state index in [9.17, 15) is 9.90 Å². The van der Waals surface area contributed by atoms with Crippen molar-refractivity contribution in [3.63, 3.8) is 0 Å². The Kier molecular flexibility index (Phi) is 7.06. The Labute approximate surface area is 181 Å². The fourth-order valence-corrected chi connectivity index (χ4v) is 3.45. The molecule has 0 spiro atoms. The third-order valence-corrected chi connectivity index (χ3v) is 5.30. The molecule has 3 rings (SSSR count). The van der Waals surface area contributed by atoms with Gasteiger partial charge in [0.15, 0.2) is 5.84 Å². The molecular formula is C21H29N7O3. The van der Waals surface area contributed by atoms with E-state index in [1.54, 1.807) is 32.2 Å². The number of anilines is 1. The van der Waals surface area contributed by atoms with Gasteiger partial charge >= 0.3 is 0 Å². The van der Waals surface area contributed by atoms with E-state index in [0.29, 0.717) is 22.8 Å². The number of carbonyl (C=O) groups is 1. The molecule has 166 valence electrons. The summed E-state index contributed by atoms with van der Waals surface area (Å²) < 4.78 is 5.47. The van der Waals surface area contributed by atoms with Crippen molar-refractivity contribution in [2.75, 3.05) is 32.6 Å². The Morgan fingerprint density at radius 1 is 1.42 bits per heavy atom. The first-order chi connectivity index (χ1) is 14.9. The number of amides is 1. The summed E-state index contributed by atoms with van der Waals surface area (Å²) in [5.41, 5.74) is 3.10. The Morgan fingerprint density at radius 2 is 2.19 bits per heavy atom. The minimum atomic E-state index is -0.416. The van der Waals surface area contributed by atoms with E-state index < -0.39 is 6.04 Å². The van der Waals surface area contributed by atoms with Gasteiger partial charge in [0, 0.05) is 13.1 Å². The number of hydrazine groups is 1. The van der Waals surface area contributed by atoms with Crippen molar-refractivity contribution in [1.29, 1.82) is 0 Å². The largest absolute Gasteiger partial charge is 0.496 e. The molecule has 31 heavy (non-hydrogen) atoms. The number of methoxy groups -OCH3 is 1. The molecule has 6 N–H and O–H groups in total. The fourth-order valence-electron chi connectivity index (χ4n) is 3.45. The normalized spacial score (nSPS) is 15.2. The van der Waals surface area contributed by atoms with Crippen LogP contribution in [0.15, 0.2) is 35.4 Å². The zero-order valence-corrected chi connectivity index (χ0v) is 18.0. The molecule has 0 saturated heterocycles. The Hall–Kier alpha value is -3.21. The summed E-state index contributed by atoms with van der Waals surface area (Å²) in [6.45, 7) is 3.28. The molecule has 1 aromatic carbocycles. The topological polar surface area (TPSA) is 142 Å². The number of pyridine rings is 1. The standard InChI is InChI=1S/C21H29N7O3/c1-13(12-29)28(23)20(26-22)17-5-4-6-19(24-17)25-21(30)16-9-15-11-27(2)8-7-14(15)10-18(16)31-3/h4-6,9-10,13,29H,7-8,11-12,22-23H2,1-3H3,(H,24,25,30)/b26-20-. The summed E-state index contributed by atoms with van der Waals surface area (Å²) in [5.74, 6) is 12.2. The van der Waals surface area contributed by atoms with Gasteiger partial charge in [-0.15, -0.1) is 0 Å². The van der Waals surface area contributed by atoms with Gasteiger partial charge in [-0.25, -0.2) is 10.8 Å². The molecule has 1 amide bonds. The van der Waals surface area contributed by atoms with Crippen molar-refractivity contribution in [3.8, 4) is 5.75 Å². The molecule has 0 radical (unpaired) electrons. The molecule has 1 atom stereocenters. The molecule has 1 aliphatic rings. The molecule has 0 saturated carbocycles. The lowest BCUT2D eigenvalue weighted by Crippen LogP contribution is -2.47. The van der Waals surface area contributed by atoms with Gasteiger partial charge in [0.1, 0.15) is 17.3 Å². The van der Waals surface area contributed by atoms with Gasteiger partial charge in [-0.3, -0.25) is 9.80 Å². The summed E-state index contributed by atoms with van der Waals surface area (Å²) in [6, 6.07) is 8.42. The fraction of sp³-hybridized carbons (Fsp3) is 0.381. The van der Waals surface area contributed by atoms with E-state index >= 15 is 0 Å². The lowest BCUT2D eigenvalue weighted by molar-refractivity contribution is 0.102. The molecule has 1 aromatic heterocycles. The Balaban J connectivity index is 1.86. The van der Waals surface area contributed by atoms with Crippen molar-refractivity contribution in [1.82, 2.24) is 14.9 Å². The number of amidine groups is 1. The van der Waals surface area contributed by atoms with Crippen molar-refractivity contribution >= 4 is 17.6 Å². The second-order valence-electron chi connectivity index (χ2n) is 7.56. The zero-order valence-electron chi connectivity index (χ0n) is 18.0. The SMILES string of the molecule is COc1cc2c(cc1C(=O)Nc1cccc(/C(=N/N)N(N)C(C)CO)n1)CN(C)CC2. The highest BCUT2D eigenvalue weighted by Crippen LogP contribution is 2.28. The molecule has 10 nitrogen and oxygen atoms in total. The van der Waals surface area contributed by atoms with Crippen molar-refractivity contribution < 1.29 is 14.6 Å². The van der Waals surface area contributed by atoms with E-state index in [4.69, 9.17) is 16.4 Å². The molecule has 2 heterocycles. The average molecular weight is 428 g/mol. The third-order valence-electron chi connectivity index (χ3n) is 5.30. The van der Waals surface area contributed by atoms with Crippen LogP contribution in [0.25, 0.3) is 0 Å². The molecule has 0 bridgehead atoms. The second kappa shape index (κ2) is 9.73. The van der Waals surface area contributed by atoms with E-state index in [-0.39, 0.29) is 18.3 Å². The first kappa shape index (κ1) is 22.5. The van der Waals surface area contributed by atoms with E-state index in [1.165, 1.54) is 10.6 Å². The summed E-state index contributed by atoms with van der Waals surface area (Å²) in [5, 5.41) is 17.1. The number of nitrogens with two attached hydrogens (primary N) is 2. The van der Waals surface area contributed by atoms with Crippen molar-refractivity contribution in [3.05, 3.63) is 52.7 Å². The first-order valence-electron chi connectivity index (χ1n) is 9.97. The lowest BCUT2D eigenvalue weighted by atomic mass is 9.96. The van der Waals surface area contributed by atoms with E-state index in [2.05, 4.69) is 27.3 Å². The van der Waals surface area contributed by atoms with E-state index in [1.807, 2.05) is 12.1 Å². The zero-order chi connectivity index (χ0) is 22.5. The number of nitrogens with one attached hydrogen (secondary N) is 1. The van der Waals surface area contributed by atoms with Gasteiger partial charge in [-0.05, 0) is 55.8 Å². The van der Waals surface area contributed by atoms with Crippen LogP contribution < -0.4 is 21.7 Å². The van der Waals surface area contributed by atoms with Gasteiger partial charge in [-0.1, -0.05) is 6.07 Å². The summed E-state index contributed by atoms with van der Waals surface area (Å²) in [4.78, 5) is 19.6. The van der Waals surface area contributed by atoms with Crippen LogP contribution in [-0.4, -0.2) is 65.1 Å². The van der Waals surface area contributed by atoms with Crippen LogP contribution in [0.1, 0.15) is 34.1 Å². The number of nitrogens with zero attached hydrogens (tertiary/aromatic N) is 4. The number of likely N-dealkylation sites (N-methyl/N-ethyl adjacent to an activating group) is 1. The van der Waals surface area contributed by atoms with Crippen LogP contribution >= 0.6 is 0 Å². The number of aromatic nitrogens is 1. The third kappa shape index (κ3) is 4.93. The van der Waals surface area contributed by atoms with Gasteiger partial charge in [0.05, 0.1) is 25.3 Å². The maximum absolute atomic E-state index is 13.0. The van der Waals surface area contributed by atoms with Crippen LogP contribution in [0.5, 0.6) is 5.75 Å². The van der Waals surface area contributed by atoms with Crippen molar-refractivity contribution in [2.45, 2.75) is 25.9 Å². The highest BCUT2D eigenvalue weighted by molar-refractivity contribution is 6.06. The number of aliphatic hydroxyl groups excluding tert-OH is 1. The maximum Gasteiger partial charge on any atom is 0.260 e. The Bertz CT molecular complexity index is 979. The average Bonchev–Trinajstić information content (AvgIpc) is 2.78. The monoisotopic (exact) mass is 427 g/mol. The maximum atomic E-state index is 13.0. The smallest absolute Gasteiger partial charge is 0.260 e. The first-order valence-corrected chi connectivity index (χ1v) is 9.97. The van der Waals surface area contributed by atoms with Crippen LogP contribution in [0, 0.1) is 0 Å². The highest BCUT2D eigenvalue weighted by Gasteiger charge is 2.21. The predicted molar refractivity (Wildman–Crippen MR) is 119 cm³/mol. The molecular weight excluding hydrogens is 398 g/mol. The van der Waals surface area contributed by atoms with E-state index in [0.717, 1.165) is 25.1 Å². The summed E-state index contributed by atoms with van der Waals surface area (Å²) >= 11 is 0. The lowest BCUT2D eigenvalue weighted by Gasteiger charge is -2.26. The minimum Gasteiger partial charge on any atom is -0.496 e. The number of hydrogen-bond donors (Lipinski definition) is 4. The number of fused-ring (bicyclic) bond motifs is 1. The molecule has 2 aromatic rings. The number of hydrogen-bond acceptors (Lipinski definition) is 8. The van der Waals surface area contributed by atoms with Gasteiger partial charge in [0.25, 0.3) is 5.91 Å². The molecule has 0 aliphatic carbocycles. The number of aliphatic hydroxyl groups is 1. The highest BCUT2D eigenvalue weighted by atomic mass is 16.5. The number of ether oxygens (including phenoxy) is 1. The second-order valence-corrected chi connectivity index (χ2v) is 7.56. The van der Waals surface area contributed by atoms with Crippen LogP contribution in [0.3, 0.4) is 0 Å². The summed E-state index contributed by atoms with van der Waals surface area (Å²) in [7, 11) is 3.60. The molecule has 0 fully saturated rings. The van der Waals surface area contributed by atoms with Crippen LogP contribution in [0.4, 0.5) is 5.82 Å². The van der Waals surface area contributed by atoms with Crippen molar-refractivity contribution in [2.24, 2.45) is 16.8 Å². The Morgan fingerprint density at radius 3 is 2.87 bits per heavy atom. The number of rotatable bonds is 6. The summed E-state index contributed by atoms with van der Waals surface area (Å²) in [6.07, 6.45) is 0.913. The number of benzene rings is 1. The van der Waals surface area contributed by atoms with Gasteiger partial charge in [0.2, 0.25) is 0 Å². The molecule has 1 unspecified atom stereocenters. The van der Waals surface area contributed by atoms with Gasteiger partial charge < -0.3 is 25.9 Å². The number of hydrazone groups is 1. The predicted octanol–water partition coefficient (Wildman–Crippen LogP) is 0.507. The van der Waals surface area contributed by atoms with Crippen LogP contribution in [-0.2, 0) is 13.0 Å². The molecule has 1 aliphatic heterocycles. The minimum absolute atomic E-state index is 0.181.